The highest BCUT2D eigenvalue weighted by Gasteiger charge is 2.01. The van der Waals surface area contributed by atoms with E-state index in [0.29, 0.717) is 0 Å². The third kappa shape index (κ3) is 2.59. The number of rotatable bonds is 5. The summed E-state index contributed by atoms with van der Waals surface area (Å²) in [5.74, 6) is 0.885. The summed E-state index contributed by atoms with van der Waals surface area (Å²) in [5, 5.41) is 6.24. The zero-order valence-corrected chi connectivity index (χ0v) is 8.17. The van der Waals surface area contributed by atoms with Crippen molar-refractivity contribution in [2.24, 2.45) is 7.05 Å². The predicted octanol–water partition coefficient (Wildman–Crippen LogP) is 0.200. The summed E-state index contributed by atoms with van der Waals surface area (Å²) in [5.41, 5.74) is 0.864. The second-order valence-corrected chi connectivity index (χ2v) is 2.87. The molecule has 0 bridgehead atoms. The minimum Gasteiger partial charge on any atom is -0.381 e. The Labute approximate surface area is 78.7 Å². The first-order valence-corrected chi connectivity index (χ1v) is 4.30. The summed E-state index contributed by atoms with van der Waals surface area (Å²) in [6.45, 7) is 5.69. The van der Waals surface area contributed by atoms with Gasteiger partial charge < -0.3 is 15.2 Å². The van der Waals surface area contributed by atoms with Gasteiger partial charge in [0.05, 0.1) is 5.70 Å². The molecule has 0 spiro atoms. The van der Waals surface area contributed by atoms with Crippen molar-refractivity contribution < 1.29 is 0 Å². The maximum atomic E-state index is 4.17. The van der Waals surface area contributed by atoms with Crippen LogP contribution in [-0.2, 0) is 7.05 Å². The van der Waals surface area contributed by atoms with Gasteiger partial charge in [-0.25, -0.2) is 4.98 Å². The lowest BCUT2D eigenvalue weighted by Gasteiger charge is -2.08. The standard InChI is InChI=1S/C9H16N4/c1-8(11-5-4-10-2)9-12-6-7-13(9)3/h6-7,10-11H,1,4-5H2,2-3H3. The number of hydrogen-bond donors (Lipinski definition) is 2. The Morgan fingerprint density at radius 2 is 2.38 bits per heavy atom. The van der Waals surface area contributed by atoms with Crippen molar-refractivity contribution in [1.82, 2.24) is 20.2 Å². The fourth-order valence-electron chi connectivity index (χ4n) is 1.07. The molecule has 0 unspecified atom stereocenters. The van der Waals surface area contributed by atoms with Crippen molar-refractivity contribution in [3.05, 3.63) is 24.8 Å². The first kappa shape index (κ1) is 9.80. The van der Waals surface area contributed by atoms with Crippen LogP contribution in [0.4, 0.5) is 0 Å². The summed E-state index contributed by atoms with van der Waals surface area (Å²) in [4.78, 5) is 4.17. The second-order valence-electron chi connectivity index (χ2n) is 2.87. The van der Waals surface area contributed by atoms with E-state index in [1.54, 1.807) is 6.20 Å². The van der Waals surface area contributed by atoms with Crippen LogP contribution in [0.1, 0.15) is 5.82 Å². The van der Waals surface area contributed by atoms with Gasteiger partial charge in [0.25, 0.3) is 0 Å². The van der Waals surface area contributed by atoms with E-state index in [1.165, 1.54) is 0 Å². The average molecular weight is 180 g/mol. The Balaban J connectivity index is 2.45. The smallest absolute Gasteiger partial charge is 0.155 e. The molecule has 4 heteroatoms. The molecule has 72 valence electrons. The van der Waals surface area contributed by atoms with Crippen molar-refractivity contribution in [3.63, 3.8) is 0 Å². The van der Waals surface area contributed by atoms with Gasteiger partial charge in [-0.05, 0) is 7.05 Å². The van der Waals surface area contributed by atoms with E-state index in [9.17, 15) is 0 Å². The largest absolute Gasteiger partial charge is 0.381 e. The SMILES string of the molecule is C=C(NCCNC)c1nccn1C. The Bertz CT molecular complexity index is 277. The van der Waals surface area contributed by atoms with Crippen molar-refractivity contribution in [2.75, 3.05) is 20.1 Å². The summed E-state index contributed by atoms with van der Waals surface area (Å²) >= 11 is 0. The van der Waals surface area contributed by atoms with Crippen LogP contribution < -0.4 is 10.6 Å². The summed E-state index contributed by atoms with van der Waals surface area (Å²) in [6.07, 6.45) is 3.67. The van der Waals surface area contributed by atoms with Gasteiger partial charge in [0.1, 0.15) is 0 Å². The zero-order valence-electron chi connectivity index (χ0n) is 8.17. The minimum atomic E-state index is 0.863. The predicted molar refractivity (Wildman–Crippen MR) is 54.2 cm³/mol. The van der Waals surface area contributed by atoms with E-state index in [1.807, 2.05) is 24.9 Å². The molecule has 0 aliphatic heterocycles. The highest BCUT2D eigenvalue weighted by atomic mass is 15.1. The number of likely N-dealkylation sites (N-methyl/N-ethyl adjacent to an activating group) is 1. The fraction of sp³-hybridized carbons (Fsp3) is 0.444. The van der Waals surface area contributed by atoms with Crippen LogP contribution in [0.25, 0.3) is 5.70 Å². The molecule has 0 aromatic carbocycles. The van der Waals surface area contributed by atoms with E-state index in [-0.39, 0.29) is 0 Å². The van der Waals surface area contributed by atoms with Crippen molar-refractivity contribution in [2.45, 2.75) is 0 Å². The van der Waals surface area contributed by atoms with Gasteiger partial charge in [0.15, 0.2) is 5.82 Å². The molecule has 0 aliphatic carbocycles. The van der Waals surface area contributed by atoms with Gasteiger partial charge in [-0.2, -0.15) is 0 Å². The van der Waals surface area contributed by atoms with E-state index in [2.05, 4.69) is 22.2 Å². The maximum Gasteiger partial charge on any atom is 0.155 e. The summed E-state index contributed by atoms with van der Waals surface area (Å²) < 4.78 is 1.94. The molecule has 0 aliphatic rings. The summed E-state index contributed by atoms with van der Waals surface area (Å²) in [7, 11) is 3.87. The van der Waals surface area contributed by atoms with E-state index in [0.717, 1.165) is 24.6 Å². The van der Waals surface area contributed by atoms with Crippen molar-refractivity contribution in [1.29, 1.82) is 0 Å². The normalized spacial score (nSPS) is 10.0. The van der Waals surface area contributed by atoms with Crippen LogP contribution in [0.2, 0.25) is 0 Å². The maximum absolute atomic E-state index is 4.17. The molecule has 0 atom stereocenters. The van der Waals surface area contributed by atoms with Gasteiger partial charge >= 0.3 is 0 Å². The Morgan fingerprint density at radius 1 is 1.62 bits per heavy atom. The molecule has 0 amide bonds. The van der Waals surface area contributed by atoms with Crippen LogP contribution in [-0.4, -0.2) is 29.7 Å². The molecule has 0 saturated carbocycles. The second kappa shape index (κ2) is 4.67. The Morgan fingerprint density at radius 3 is 2.92 bits per heavy atom. The first-order valence-electron chi connectivity index (χ1n) is 4.30. The number of hydrogen-bond acceptors (Lipinski definition) is 3. The molecular formula is C9H16N4. The van der Waals surface area contributed by atoms with Crippen LogP contribution in [0.5, 0.6) is 0 Å². The molecule has 4 nitrogen and oxygen atoms in total. The fourth-order valence-corrected chi connectivity index (χ4v) is 1.07. The summed E-state index contributed by atoms with van der Waals surface area (Å²) in [6, 6.07) is 0. The van der Waals surface area contributed by atoms with Gasteiger partial charge in [0, 0.05) is 32.5 Å². The van der Waals surface area contributed by atoms with Crippen LogP contribution in [0.3, 0.4) is 0 Å². The van der Waals surface area contributed by atoms with Crippen molar-refractivity contribution in [3.8, 4) is 0 Å². The monoisotopic (exact) mass is 180 g/mol. The molecule has 0 fully saturated rings. The van der Waals surface area contributed by atoms with Gasteiger partial charge in [-0.3, -0.25) is 0 Å². The lowest BCUT2D eigenvalue weighted by molar-refractivity contribution is 0.740. The molecule has 0 radical (unpaired) electrons. The van der Waals surface area contributed by atoms with Crippen molar-refractivity contribution >= 4 is 5.70 Å². The lowest BCUT2D eigenvalue weighted by Crippen LogP contribution is -2.24. The molecule has 1 aromatic heterocycles. The molecule has 2 N–H and O–H groups in total. The molecular weight excluding hydrogens is 164 g/mol. The third-order valence-corrected chi connectivity index (χ3v) is 1.80. The molecule has 1 aromatic rings. The number of aromatic nitrogens is 2. The third-order valence-electron chi connectivity index (χ3n) is 1.80. The van der Waals surface area contributed by atoms with Crippen LogP contribution in [0, 0.1) is 0 Å². The van der Waals surface area contributed by atoms with Crippen LogP contribution in [0.15, 0.2) is 19.0 Å². The van der Waals surface area contributed by atoms with Gasteiger partial charge in [-0.1, -0.05) is 6.58 Å². The van der Waals surface area contributed by atoms with Gasteiger partial charge in [-0.15, -0.1) is 0 Å². The Kier molecular flexibility index (Phi) is 3.52. The topological polar surface area (TPSA) is 41.9 Å². The minimum absolute atomic E-state index is 0.863. The number of aryl methyl sites for hydroxylation is 1. The number of nitrogens with zero attached hydrogens (tertiary/aromatic N) is 2. The van der Waals surface area contributed by atoms with E-state index in [4.69, 9.17) is 0 Å². The first-order chi connectivity index (χ1) is 6.25. The molecule has 0 saturated heterocycles. The average Bonchev–Trinajstić information content (AvgIpc) is 2.52. The van der Waals surface area contributed by atoms with E-state index < -0.39 is 0 Å². The van der Waals surface area contributed by atoms with Gasteiger partial charge in [0.2, 0.25) is 0 Å². The molecule has 1 heterocycles. The highest BCUT2D eigenvalue weighted by molar-refractivity contribution is 5.54. The number of nitrogens with one attached hydrogen (secondary N) is 2. The van der Waals surface area contributed by atoms with Crippen LogP contribution >= 0.6 is 0 Å². The lowest BCUT2D eigenvalue weighted by atomic mass is 10.4. The molecule has 13 heavy (non-hydrogen) atoms. The number of imidazole rings is 1. The quantitative estimate of drug-likeness (QED) is 0.636. The Hall–Kier alpha value is -1.29. The van der Waals surface area contributed by atoms with E-state index >= 15 is 0 Å². The highest BCUT2D eigenvalue weighted by Crippen LogP contribution is 2.03. The molecule has 1 rings (SSSR count). The zero-order chi connectivity index (χ0) is 9.68.